The van der Waals surface area contributed by atoms with Gasteiger partial charge in [-0.25, -0.2) is 4.79 Å². The molecule has 0 saturated carbocycles. The van der Waals surface area contributed by atoms with Crippen molar-refractivity contribution < 1.29 is 19.4 Å². The fraction of sp³-hybridized carbons (Fsp3) is 0.818. The maximum Gasteiger partial charge on any atom is 0.407 e. The van der Waals surface area contributed by atoms with E-state index in [0.717, 1.165) is 19.3 Å². The summed E-state index contributed by atoms with van der Waals surface area (Å²) in [6.07, 6.45) is 4.02. The van der Waals surface area contributed by atoms with Gasteiger partial charge in [0.2, 0.25) is 0 Å². The molecule has 0 aromatic carbocycles. The molecule has 94 valence electrons. The zero-order valence-electron chi connectivity index (χ0n) is 9.83. The average molecular weight is 231 g/mol. The second-order valence-electron chi connectivity index (χ2n) is 3.62. The van der Waals surface area contributed by atoms with E-state index >= 15 is 0 Å². The zero-order chi connectivity index (χ0) is 12.2. The van der Waals surface area contributed by atoms with E-state index in [0.29, 0.717) is 26.0 Å². The van der Waals surface area contributed by atoms with Crippen LogP contribution in [-0.2, 0) is 9.53 Å². The van der Waals surface area contributed by atoms with Gasteiger partial charge in [0.05, 0.1) is 6.61 Å². The number of alkyl carbamates (subject to hydrolysis) is 1. The molecule has 0 heterocycles. The Morgan fingerprint density at radius 1 is 1.19 bits per heavy atom. The Hall–Kier alpha value is -1.26. The molecule has 1 amide bonds. The van der Waals surface area contributed by atoms with Gasteiger partial charge in [-0.2, -0.15) is 0 Å². The quantitative estimate of drug-likeness (QED) is 0.596. The second-order valence-corrected chi connectivity index (χ2v) is 3.62. The molecule has 5 nitrogen and oxygen atoms in total. The highest BCUT2D eigenvalue weighted by atomic mass is 16.5. The maximum atomic E-state index is 11.1. The number of carboxylic acid groups (broad SMARTS) is 1. The number of ether oxygens (including phenoxy) is 1. The van der Waals surface area contributed by atoms with E-state index in [9.17, 15) is 9.59 Å². The van der Waals surface area contributed by atoms with Crippen molar-refractivity contribution in [1.29, 1.82) is 0 Å². The Balaban J connectivity index is 3.20. The minimum absolute atomic E-state index is 0.146. The molecule has 0 spiro atoms. The molecular weight excluding hydrogens is 210 g/mol. The van der Waals surface area contributed by atoms with Crippen LogP contribution < -0.4 is 5.32 Å². The molecule has 0 radical (unpaired) electrons. The van der Waals surface area contributed by atoms with Crippen LogP contribution in [0.3, 0.4) is 0 Å². The number of hydrogen-bond acceptors (Lipinski definition) is 3. The van der Waals surface area contributed by atoms with Crippen LogP contribution in [0, 0.1) is 0 Å². The number of hydrogen-bond donors (Lipinski definition) is 2. The van der Waals surface area contributed by atoms with E-state index in [2.05, 4.69) is 12.2 Å². The van der Waals surface area contributed by atoms with Gasteiger partial charge < -0.3 is 15.2 Å². The highest BCUT2D eigenvalue weighted by Crippen LogP contribution is 1.95. The van der Waals surface area contributed by atoms with Crippen molar-refractivity contribution in [2.45, 2.75) is 45.4 Å². The topological polar surface area (TPSA) is 75.6 Å². The largest absolute Gasteiger partial charge is 0.481 e. The zero-order valence-corrected chi connectivity index (χ0v) is 9.83. The minimum atomic E-state index is -0.804. The molecule has 0 saturated heterocycles. The summed E-state index contributed by atoms with van der Waals surface area (Å²) in [4.78, 5) is 21.2. The molecule has 0 aromatic rings. The molecule has 0 aliphatic heterocycles. The number of unbranched alkanes of at least 4 members (excludes halogenated alkanes) is 3. The van der Waals surface area contributed by atoms with Crippen LogP contribution in [0.25, 0.3) is 0 Å². The van der Waals surface area contributed by atoms with Gasteiger partial charge in [0.1, 0.15) is 0 Å². The fourth-order valence-electron chi connectivity index (χ4n) is 1.16. The number of aliphatic carboxylic acids is 1. The Labute approximate surface area is 96.2 Å². The molecule has 0 fully saturated rings. The highest BCUT2D eigenvalue weighted by Gasteiger charge is 2.01. The van der Waals surface area contributed by atoms with E-state index in [-0.39, 0.29) is 6.42 Å². The predicted octanol–water partition coefficient (Wildman–Crippen LogP) is 2.16. The standard InChI is InChI=1S/C11H21NO4/c1-2-3-6-9-16-11(15)12-8-5-4-7-10(13)14/h2-9H2,1H3,(H,12,15)(H,13,14). The molecule has 0 aliphatic carbocycles. The third-order valence-electron chi connectivity index (χ3n) is 2.07. The van der Waals surface area contributed by atoms with Gasteiger partial charge in [0, 0.05) is 13.0 Å². The van der Waals surface area contributed by atoms with Gasteiger partial charge in [-0.3, -0.25) is 4.79 Å². The first-order valence-corrected chi connectivity index (χ1v) is 5.79. The van der Waals surface area contributed by atoms with E-state index in [1.165, 1.54) is 0 Å². The summed E-state index contributed by atoms with van der Waals surface area (Å²) in [6, 6.07) is 0. The molecular formula is C11H21NO4. The molecule has 0 aromatic heterocycles. The van der Waals surface area contributed by atoms with Gasteiger partial charge >= 0.3 is 12.1 Å². The number of carboxylic acids is 1. The Kier molecular flexibility index (Phi) is 9.46. The van der Waals surface area contributed by atoms with Crippen LogP contribution in [0.15, 0.2) is 0 Å². The van der Waals surface area contributed by atoms with Crippen molar-refractivity contribution in [2.75, 3.05) is 13.2 Å². The van der Waals surface area contributed by atoms with Gasteiger partial charge in [-0.05, 0) is 19.3 Å². The van der Waals surface area contributed by atoms with E-state index in [1.807, 2.05) is 0 Å². The smallest absolute Gasteiger partial charge is 0.407 e. The molecule has 0 bridgehead atoms. The molecule has 5 heteroatoms. The lowest BCUT2D eigenvalue weighted by Gasteiger charge is -2.05. The normalized spacial score (nSPS) is 9.81. The number of amides is 1. The number of rotatable bonds is 9. The lowest BCUT2D eigenvalue weighted by Crippen LogP contribution is -2.25. The van der Waals surface area contributed by atoms with Crippen LogP contribution in [0.2, 0.25) is 0 Å². The van der Waals surface area contributed by atoms with Crippen LogP contribution in [0.5, 0.6) is 0 Å². The lowest BCUT2D eigenvalue weighted by atomic mass is 10.2. The highest BCUT2D eigenvalue weighted by molar-refractivity contribution is 5.67. The molecule has 16 heavy (non-hydrogen) atoms. The first-order valence-electron chi connectivity index (χ1n) is 5.79. The summed E-state index contributed by atoms with van der Waals surface area (Å²) >= 11 is 0. The second kappa shape index (κ2) is 10.3. The third-order valence-corrected chi connectivity index (χ3v) is 2.07. The Morgan fingerprint density at radius 3 is 2.56 bits per heavy atom. The summed E-state index contributed by atoms with van der Waals surface area (Å²) in [5, 5.41) is 11.0. The van der Waals surface area contributed by atoms with Crippen molar-refractivity contribution in [2.24, 2.45) is 0 Å². The van der Waals surface area contributed by atoms with Crippen LogP contribution >= 0.6 is 0 Å². The predicted molar refractivity (Wildman–Crippen MR) is 60.4 cm³/mol. The first-order chi connectivity index (χ1) is 7.66. The molecule has 0 unspecified atom stereocenters. The van der Waals surface area contributed by atoms with Gasteiger partial charge in [0.25, 0.3) is 0 Å². The molecule has 2 N–H and O–H groups in total. The van der Waals surface area contributed by atoms with E-state index in [1.54, 1.807) is 0 Å². The van der Waals surface area contributed by atoms with Crippen LogP contribution in [-0.4, -0.2) is 30.3 Å². The molecule has 0 aliphatic rings. The SMILES string of the molecule is CCCCCOC(=O)NCCCCC(=O)O. The van der Waals surface area contributed by atoms with Crippen molar-refractivity contribution in [3.8, 4) is 0 Å². The van der Waals surface area contributed by atoms with Gasteiger partial charge in [-0.1, -0.05) is 19.8 Å². The third kappa shape index (κ3) is 10.8. The summed E-state index contributed by atoms with van der Waals surface area (Å²) in [7, 11) is 0. The summed E-state index contributed by atoms with van der Waals surface area (Å²) in [6.45, 7) is 3.01. The minimum Gasteiger partial charge on any atom is -0.481 e. The number of nitrogens with one attached hydrogen (secondary N) is 1. The summed E-state index contributed by atoms with van der Waals surface area (Å²) < 4.78 is 4.91. The first kappa shape index (κ1) is 14.7. The summed E-state index contributed by atoms with van der Waals surface area (Å²) in [5.74, 6) is -0.804. The maximum absolute atomic E-state index is 11.1. The molecule has 0 rings (SSSR count). The van der Waals surface area contributed by atoms with Crippen molar-refractivity contribution >= 4 is 12.1 Å². The monoisotopic (exact) mass is 231 g/mol. The number of carbonyl (C=O) groups excluding carboxylic acids is 1. The van der Waals surface area contributed by atoms with Crippen molar-refractivity contribution in [3.63, 3.8) is 0 Å². The Morgan fingerprint density at radius 2 is 1.94 bits per heavy atom. The lowest BCUT2D eigenvalue weighted by molar-refractivity contribution is -0.137. The van der Waals surface area contributed by atoms with Crippen LogP contribution in [0.4, 0.5) is 4.79 Å². The average Bonchev–Trinajstić information content (AvgIpc) is 2.23. The van der Waals surface area contributed by atoms with Crippen molar-refractivity contribution in [1.82, 2.24) is 5.32 Å². The van der Waals surface area contributed by atoms with Gasteiger partial charge in [-0.15, -0.1) is 0 Å². The van der Waals surface area contributed by atoms with Gasteiger partial charge in [0.15, 0.2) is 0 Å². The van der Waals surface area contributed by atoms with Crippen molar-refractivity contribution in [3.05, 3.63) is 0 Å². The molecule has 0 atom stereocenters. The fourth-order valence-corrected chi connectivity index (χ4v) is 1.16. The summed E-state index contributed by atoms with van der Waals surface area (Å²) in [5.41, 5.74) is 0. The number of carbonyl (C=O) groups is 2. The van der Waals surface area contributed by atoms with Crippen LogP contribution in [0.1, 0.15) is 45.4 Å². The van der Waals surface area contributed by atoms with E-state index < -0.39 is 12.1 Å². The van der Waals surface area contributed by atoms with E-state index in [4.69, 9.17) is 9.84 Å². The Bertz CT molecular complexity index is 206.